The van der Waals surface area contributed by atoms with E-state index in [-0.39, 0.29) is 12.0 Å². The van der Waals surface area contributed by atoms with Crippen molar-refractivity contribution in [3.05, 3.63) is 46.4 Å². The number of halogens is 4. The van der Waals surface area contributed by atoms with Crippen molar-refractivity contribution in [3.63, 3.8) is 0 Å². The van der Waals surface area contributed by atoms with E-state index in [1.165, 1.54) is 12.1 Å². The van der Waals surface area contributed by atoms with Gasteiger partial charge in [0.2, 0.25) is 5.91 Å². The molecular formula is C17H16BrF3N2O. The summed E-state index contributed by atoms with van der Waals surface area (Å²) in [6, 6.07) is 8.22. The smallest absolute Gasteiger partial charge is 0.287 e. The molecule has 1 aliphatic rings. The number of carbonyl (C=O) groups is 1. The maximum Gasteiger partial charge on any atom is 0.409 e. The van der Waals surface area contributed by atoms with E-state index in [9.17, 15) is 18.0 Å². The fraction of sp³-hybridized carbons (Fsp3) is 0.353. The van der Waals surface area contributed by atoms with Crippen LogP contribution in [-0.2, 0) is 4.79 Å². The molecule has 2 aromatic rings. The van der Waals surface area contributed by atoms with Gasteiger partial charge < -0.3 is 0 Å². The van der Waals surface area contributed by atoms with Crippen molar-refractivity contribution in [2.45, 2.75) is 38.0 Å². The van der Waals surface area contributed by atoms with Crippen molar-refractivity contribution >= 4 is 32.6 Å². The Balaban J connectivity index is 2.12. The van der Waals surface area contributed by atoms with Gasteiger partial charge in [0, 0.05) is 16.4 Å². The van der Waals surface area contributed by atoms with Gasteiger partial charge in [-0.3, -0.25) is 10.2 Å². The van der Waals surface area contributed by atoms with Crippen LogP contribution in [0.5, 0.6) is 0 Å². The van der Waals surface area contributed by atoms with E-state index < -0.39 is 23.7 Å². The van der Waals surface area contributed by atoms with Gasteiger partial charge in [0.1, 0.15) is 0 Å². The largest absolute Gasteiger partial charge is 0.409 e. The fourth-order valence-corrected chi connectivity index (χ4v) is 3.49. The molecular weight excluding hydrogens is 385 g/mol. The van der Waals surface area contributed by atoms with Gasteiger partial charge in [0.25, 0.3) is 0 Å². The second-order valence-electron chi connectivity index (χ2n) is 6.59. The highest BCUT2D eigenvalue weighted by molar-refractivity contribution is 9.10. The lowest BCUT2D eigenvalue weighted by atomic mass is 9.95. The summed E-state index contributed by atoms with van der Waals surface area (Å²) in [6.45, 7) is 3.25. The van der Waals surface area contributed by atoms with Gasteiger partial charge in [-0.05, 0) is 48.4 Å². The standard InChI is InChI=1S/C17H16BrF3N2O/c1-16(2)9-14(24)22-23(16)15(17(19,20)21)11-4-3-10-5-6-13(18)8-12(10)7-11/h3-8,15H,9H2,1-2H3,(H,22,24). The van der Waals surface area contributed by atoms with E-state index in [1.54, 1.807) is 26.0 Å². The number of hydrazine groups is 1. The third kappa shape index (κ3) is 3.15. The first-order valence-electron chi connectivity index (χ1n) is 7.43. The summed E-state index contributed by atoms with van der Waals surface area (Å²) in [5.74, 6) is -0.405. The van der Waals surface area contributed by atoms with Gasteiger partial charge in [0.15, 0.2) is 6.04 Å². The second kappa shape index (κ2) is 5.74. The monoisotopic (exact) mass is 400 g/mol. The van der Waals surface area contributed by atoms with Crippen LogP contribution >= 0.6 is 15.9 Å². The predicted octanol–water partition coefficient (Wildman–Crippen LogP) is 4.72. The Morgan fingerprint density at radius 2 is 1.83 bits per heavy atom. The first-order chi connectivity index (χ1) is 11.1. The maximum absolute atomic E-state index is 13.8. The molecule has 3 nitrogen and oxygen atoms in total. The summed E-state index contributed by atoms with van der Waals surface area (Å²) in [5.41, 5.74) is 1.55. The summed E-state index contributed by atoms with van der Waals surface area (Å²) in [5, 5.41) is 2.58. The van der Waals surface area contributed by atoms with Gasteiger partial charge in [-0.2, -0.15) is 18.2 Å². The third-order valence-corrected chi connectivity index (χ3v) is 4.69. The van der Waals surface area contributed by atoms with E-state index in [4.69, 9.17) is 0 Å². The lowest BCUT2D eigenvalue weighted by Gasteiger charge is -2.38. The maximum atomic E-state index is 13.8. The molecule has 1 amide bonds. The minimum atomic E-state index is -4.52. The van der Waals surface area contributed by atoms with Crippen LogP contribution in [0.4, 0.5) is 13.2 Å². The van der Waals surface area contributed by atoms with Gasteiger partial charge in [-0.1, -0.05) is 34.1 Å². The van der Waals surface area contributed by atoms with E-state index in [0.29, 0.717) is 5.39 Å². The Labute approximate surface area is 145 Å². The average Bonchev–Trinajstić information content (AvgIpc) is 2.70. The Bertz CT molecular complexity index is 804. The molecule has 128 valence electrons. The molecule has 7 heteroatoms. The molecule has 1 saturated heterocycles. The molecule has 24 heavy (non-hydrogen) atoms. The number of benzene rings is 2. The quantitative estimate of drug-likeness (QED) is 0.790. The molecule has 1 N–H and O–H groups in total. The van der Waals surface area contributed by atoms with Crippen molar-refractivity contribution < 1.29 is 18.0 Å². The Morgan fingerprint density at radius 1 is 1.17 bits per heavy atom. The Kier molecular flexibility index (Phi) is 4.12. The van der Waals surface area contributed by atoms with Crippen LogP contribution in [0.3, 0.4) is 0 Å². The second-order valence-corrected chi connectivity index (χ2v) is 7.50. The van der Waals surface area contributed by atoms with Crippen molar-refractivity contribution in [2.24, 2.45) is 0 Å². The van der Waals surface area contributed by atoms with Crippen molar-refractivity contribution in [3.8, 4) is 0 Å². The lowest BCUT2D eigenvalue weighted by molar-refractivity contribution is -0.203. The number of nitrogens with one attached hydrogen (secondary N) is 1. The number of hydrogen-bond donors (Lipinski definition) is 1. The zero-order valence-corrected chi connectivity index (χ0v) is 14.7. The molecule has 2 aromatic carbocycles. The van der Waals surface area contributed by atoms with Crippen LogP contribution in [0.15, 0.2) is 40.9 Å². The molecule has 0 saturated carbocycles. The van der Waals surface area contributed by atoms with Crippen LogP contribution in [0.1, 0.15) is 31.9 Å². The number of amides is 1. The Morgan fingerprint density at radius 3 is 2.42 bits per heavy atom. The molecule has 0 radical (unpaired) electrons. The van der Waals surface area contributed by atoms with Crippen LogP contribution in [0.25, 0.3) is 10.8 Å². The van der Waals surface area contributed by atoms with Gasteiger partial charge in [0.05, 0.1) is 0 Å². The van der Waals surface area contributed by atoms with Crippen LogP contribution < -0.4 is 5.43 Å². The van der Waals surface area contributed by atoms with E-state index in [0.717, 1.165) is 14.9 Å². The molecule has 0 aliphatic carbocycles. The number of carbonyl (C=O) groups excluding carboxylic acids is 1. The minimum absolute atomic E-state index is 0.0265. The SMILES string of the molecule is CC1(C)CC(=O)NN1C(c1ccc2ccc(Br)cc2c1)C(F)(F)F. The highest BCUT2D eigenvalue weighted by atomic mass is 79.9. The normalized spacial score (nSPS) is 19.5. The molecule has 1 atom stereocenters. The number of fused-ring (bicyclic) bond motifs is 1. The minimum Gasteiger partial charge on any atom is -0.287 e. The average molecular weight is 401 g/mol. The number of alkyl halides is 3. The first kappa shape index (κ1) is 17.2. The van der Waals surface area contributed by atoms with Crippen molar-refractivity contribution in [1.82, 2.24) is 10.4 Å². The molecule has 1 heterocycles. The summed E-state index contributed by atoms with van der Waals surface area (Å²) in [7, 11) is 0. The molecule has 3 rings (SSSR count). The van der Waals surface area contributed by atoms with Crippen molar-refractivity contribution in [2.75, 3.05) is 0 Å². The van der Waals surface area contributed by atoms with Gasteiger partial charge in [-0.15, -0.1) is 0 Å². The summed E-state index contributed by atoms with van der Waals surface area (Å²) in [6.07, 6.45) is -4.49. The topological polar surface area (TPSA) is 32.3 Å². The van der Waals surface area contributed by atoms with E-state index in [1.807, 2.05) is 12.1 Å². The van der Waals surface area contributed by atoms with Crippen LogP contribution in [0.2, 0.25) is 0 Å². The molecule has 0 aromatic heterocycles. The number of rotatable bonds is 2. The van der Waals surface area contributed by atoms with E-state index in [2.05, 4.69) is 21.4 Å². The molecule has 0 spiro atoms. The van der Waals surface area contributed by atoms with E-state index >= 15 is 0 Å². The number of nitrogens with zero attached hydrogens (tertiary/aromatic N) is 1. The first-order valence-corrected chi connectivity index (χ1v) is 8.22. The predicted molar refractivity (Wildman–Crippen MR) is 89.1 cm³/mol. The van der Waals surface area contributed by atoms with Crippen molar-refractivity contribution in [1.29, 1.82) is 0 Å². The van der Waals surface area contributed by atoms with Crippen LogP contribution in [-0.4, -0.2) is 22.6 Å². The van der Waals surface area contributed by atoms with Gasteiger partial charge in [-0.25, -0.2) is 0 Å². The molecule has 1 unspecified atom stereocenters. The summed E-state index contributed by atoms with van der Waals surface area (Å²) >= 11 is 3.34. The molecule has 1 aliphatic heterocycles. The zero-order valence-electron chi connectivity index (χ0n) is 13.1. The summed E-state index contributed by atoms with van der Waals surface area (Å²) in [4.78, 5) is 11.7. The summed E-state index contributed by atoms with van der Waals surface area (Å²) < 4.78 is 42.2. The van der Waals surface area contributed by atoms with Crippen LogP contribution in [0, 0.1) is 0 Å². The highest BCUT2D eigenvalue weighted by Gasteiger charge is 2.52. The third-order valence-electron chi connectivity index (χ3n) is 4.20. The lowest BCUT2D eigenvalue weighted by Crippen LogP contribution is -2.51. The fourth-order valence-electron chi connectivity index (χ4n) is 3.11. The Hall–Kier alpha value is -1.60. The highest BCUT2D eigenvalue weighted by Crippen LogP contribution is 2.43. The molecule has 1 fully saturated rings. The van der Waals surface area contributed by atoms with Gasteiger partial charge >= 0.3 is 6.18 Å². The zero-order chi connectivity index (χ0) is 17.7. The molecule has 0 bridgehead atoms. The number of hydrogen-bond acceptors (Lipinski definition) is 2.